The monoisotopic (exact) mass is 348 g/mol. The van der Waals surface area contributed by atoms with Gasteiger partial charge in [0.05, 0.1) is 0 Å². The van der Waals surface area contributed by atoms with Gasteiger partial charge in [0.25, 0.3) is 0 Å². The zero-order valence-electron chi connectivity index (χ0n) is 14.4. The molecule has 3 N–H and O–H groups in total. The van der Waals surface area contributed by atoms with Crippen molar-refractivity contribution in [2.24, 2.45) is 5.73 Å². The molecule has 0 aliphatic heterocycles. The number of amides is 1. The molecular weight excluding hydrogens is 327 g/mol. The predicted octanol–water partition coefficient (Wildman–Crippen LogP) is 3.92. The number of carbonyl (C=O) groups excluding carboxylic acids is 1. The van der Waals surface area contributed by atoms with Gasteiger partial charge in [0.2, 0.25) is 5.91 Å². The molecule has 132 valence electrons. The summed E-state index contributed by atoms with van der Waals surface area (Å²) >= 11 is 0. The summed E-state index contributed by atoms with van der Waals surface area (Å²) in [5.41, 5.74) is 8.92. The largest absolute Gasteiger partial charge is 0.366 e. The second-order valence-corrected chi connectivity index (χ2v) is 6.17. The molecule has 0 aliphatic carbocycles. The van der Waals surface area contributed by atoms with E-state index in [2.05, 4.69) is 17.4 Å². The first-order chi connectivity index (χ1) is 12.6. The third kappa shape index (κ3) is 4.55. The summed E-state index contributed by atoms with van der Waals surface area (Å²) in [6.45, 7) is 1.43. The molecule has 4 heteroatoms. The van der Waals surface area contributed by atoms with Crippen LogP contribution in [0.4, 0.5) is 4.39 Å². The lowest BCUT2D eigenvalue weighted by Crippen LogP contribution is -2.16. The van der Waals surface area contributed by atoms with Crippen LogP contribution in [-0.2, 0) is 13.0 Å². The summed E-state index contributed by atoms with van der Waals surface area (Å²) in [7, 11) is 0. The minimum atomic E-state index is -0.522. The first-order valence-electron chi connectivity index (χ1n) is 8.57. The Kier molecular flexibility index (Phi) is 5.77. The van der Waals surface area contributed by atoms with Crippen molar-refractivity contribution in [2.45, 2.75) is 13.0 Å². The SMILES string of the molecule is NC(=O)c1cccc(-c2ccc(CNCCc3ccccc3)cc2F)c1. The Bertz CT molecular complexity index is 894. The fourth-order valence-electron chi connectivity index (χ4n) is 2.85. The van der Waals surface area contributed by atoms with E-state index in [1.807, 2.05) is 24.3 Å². The zero-order valence-corrected chi connectivity index (χ0v) is 14.4. The van der Waals surface area contributed by atoms with Crippen molar-refractivity contribution >= 4 is 5.91 Å². The maximum atomic E-state index is 14.5. The van der Waals surface area contributed by atoms with Crippen LogP contribution in [0.25, 0.3) is 11.1 Å². The Morgan fingerprint density at radius 3 is 2.46 bits per heavy atom. The Balaban J connectivity index is 1.62. The van der Waals surface area contributed by atoms with Crippen molar-refractivity contribution in [3.05, 3.63) is 95.3 Å². The van der Waals surface area contributed by atoms with E-state index < -0.39 is 5.91 Å². The summed E-state index contributed by atoms with van der Waals surface area (Å²) < 4.78 is 14.5. The predicted molar refractivity (Wildman–Crippen MR) is 102 cm³/mol. The van der Waals surface area contributed by atoms with Crippen LogP contribution in [-0.4, -0.2) is 12.5 Å². The second-order valence-electron chi connectivity index (χ2n) is 6.17. The fourth-order valence-corrected chi connectivity index (χ4v) is 2.85. The maximum Gasteiger partial charge on any atom is 0.248 e. The van der Waals surface area contributed by atoms with E-state index in [1.165, 1.54) is 11.6 Å². The van der Waals surface area contributed by atoms with Crippen molar-refractivity contribution in [2.75, 3.05) is 6.54 Å². The first kappa shape index (κ1) is 17.8. The highest BCUT2D eigenvalue weighted by atomic mass is 19.1. The number of primary amides is 1. The van der Waals surface area contributed by atoms with E-state index in [1.54, 1.807) is 30.3 Å². The number of benzene rings is 3. The van der Waals surface area contributed by atoms with Gasteiger partial charge in [0.15, 0.2) is 0 Å². The highest BCUT2D eigenvalue weighted by molar-refractivity contribution is 5.94. The molecule has 0 radical (unpaired) electrons. The molecule has 3 nitrogen and oxygen atoms in total. The van der Waals surface area contributed by atoms with Crippen LogP contribution in [0.5, 0.6) is 0 Å². The third-order valence-corrected chi connectivity index (χ3v) is 4.25. The maximum absolute atomic E-state index is 14.5. The average molecular weight is 348 g/mol. The van der Waals surface area contributed by atoms with E-state index in [9.17, 15) is 9.18 Å². The number of nitrogens with one attached hydrogen (secondary N) is 1. The lowest BCUT2D eigenvalue weighted by molar-refractivity contribution is 0.100. The lowest BCUT2D eigenvalue weighted by atomic mass is 10.0. The molecule has 0 fully saturated rings. The molecule has 3 aromatic carbocycles. The van der Waals surface area contributed by atoms with Gasteiger partial charge in [-0.15, -0.1) is 0 Å². The average Bonchev–Trinajstić information content (AvgIpc) is 2.66. The Labute approximate surface area is 152 Å². The molecule has 3 rings (SSSR count). The number of nitrogens with two attached hydrogens (primary N) is 1. The van der Waals surface area contributed by atoms with Crippen LogP contribution in [0.3, 0.4) is 0 Å². The Morgan fingerprint density at radius 2 is 1.73 bits per heavy atom. The van der Waals surface area contributed by atoms with Gasteiger partial charge in [-0.05, 0) is 47.9 Å². The smallest absolute Gasteiger partial charge is 0.248 e. The molecule has 0 bridgehead atoms. The van der Waals surface area contributed by atoms with Gasteiger partial charge >= 0.3 is 0 Å². The molecule has 26 heavy (non-hydrogen) atoms. The molecule has 0 aliphatic rings. The van der Waals surface area contributed by atoms with Crippen LogP contribution in [0.1, 0.15) is 21.5 Å². The summed E-state index contributed by atoms with van der Waals surface area (Å²) in [5.74, 6) is -0.833. The minimum absolute atomic E-state index is 0.311. The van der Waals surface area contributed by atoms with E-state index in [0.29, 0.717) is 23.2 Å². The highest BCUT2D eigenvalue weighted by Crippen LogP contribution is 2.24. The molecule has 0 heterocycles. The van der Waals surface area contributed by atoms with Crippen molar-refractivity contribution < 1.29 is 9.18 Å². The lowest BCUT2D eigenvalue weighted by Gasteiger charge is -2.09. The van der Waals surface area contributed by atoms with Gasteiger partial charge < -0.3 is 11.1 Å². The van der Waals surface area contributed by atoms with Crippen molar-refractivity contribution in [3.63, 3.8) is 0 Å². The van der Waals surface area contributed by atoms with Crippen molar-refractivity contribution in [3.8, 4) is 11.1 Å². The Morgan fingerprint density at radius 1 is 0.923 bits per heavy atom. The number of rotatable bonds is 7. The molecule has 0 saturated carbocycles. The van der Waals surface area contributed by atoms with E-state index >= 15 is 0 Å². The van der Waals surface area contributed by atoms with Crippen molar-refractivity contribution in [1.29, 1.82) is 0 Å². The van der Waals surface area contributed by atoms with Gasteiger partial charge in [0, 0.05) is 17.7 Å². The van der Waals surface area contributed by atoms with Crippen LogP contribution < -0.4 is 11.1 Å². The van der Waals surface area contributed by atoms with Crippen molar-refractivity contribution in [1.82, 2.24) is 5.32 Å². The number of hydrogen-bond acceptors (Lipinski definition) is 2. The quantitative estimate of drug-likeness (QED) is 0.636. The zero-order chi connectivity index (χ0) is 18.4. The van der Waals surface area contributed by atoms with E-state index in [-0.39, 0.29) is 5.82 Å². The normalized spacial score (nSPS) is 10.7. The van der Waals surface area contributed by atoms with Crippen LogP contribution in [0, 0.1) is 5.82 Å². The molecule has 0 saturated heterocycles. The second kappa shape index (κ2) is 8.41. The number of hydrogen-bond donors (Lipinski definition) is 2. The molecule has 1 amide bonds. The summed E-state index contributed by atoms with van der Waals surface area (Å²) in [5, 5.41) is 3.33. The molecule has 0 spiro atoms. The topological polar surface area (TPSA) is 55.1 Å². The Hall–Kier alpha value is -2.98. The fraction of sp³-hybridized carbons (Fsp3) is 0.136. The molecule has 0 atom stereocenters. The third-order valence-electron chi connectivity index (χ3n) is 4.25. The summed E-state index contributed by atoms with van der Waals surface area (Å²) in [4.78, 5) is 11.3. The van der Waals surface area contributed by atoms with Crippen LogP contribution in [0.15, 0.2) is 72.8 Å². The number of halogens is 1. The van der Waals surface area contributed by atoms with E-state index in [0.717, 1.165) is 18.5 Å². The summed E-state index contributed by atoms with van der Waals surface area (Å²) in [6.07, 6.45) is 0.932. The molecule has 0 unspecified atom stereocenters. The van der Waals surface area contributed by atoms with Gasteiger partial charge in [-0.3, -0.25) is 4.79 Å². The van der Waals surface area contributed by atoms with Crippen LogP contribution in [0.2, 0.25) is 0 Å². The van der Waals surface area contributed by atoms with Crippen LogP contribution >= 0.6 is 0 Å². The first-order valence-corrected chi connectivity index (χ1v) is 8.57. The molecule has 3 aromatic rings. The van der Waals surface area contributed by atoms with Gasteiger partial charge in [-0.25, -0.2) is 4.39 Å². The summed E-state index contributed by atoms with van der Waals surface area (Å²) in [6, 6.07) is 22.1. The minimum Gasteiger partial charge on any atom is -0.366 e. The van der Waals surface area contributed by atoms with Gasteiger partial charge in [-0.1, -0.05) is 54.6 Å². The van der Waals surface area contributed by atoms with Gasteiger partial charge in [0.1, 0.15) is 5.82 Å². The van der Waals surface area contributed by atoms with Gasteiger partial charge in [-0.2, -0.15) is 0 Å². The molecular formula is C22H21FN2O. The molecule has 0 aromatic heterocycles. The number of carbonyl (C=O) groups is 1. The van der Waals surface area contributed by atoms with E-state index in [4.69, 9.17) is 5.73 Å². The standard InChI is InChI=1S/C22H21FN2O/c23-21-13-17(15-25-12-11-16-5-2-1-3-6-16)9-10-20(21)18-7-4-8-19(14-18)22(24)26/h1-10,13-14,25H,11-12,15H2,(H2,24,26). The highest BCUT2D eigenvalue weighted by Gasteiger charge is 2.08.